The lowest BCUT2D eigenvalue weighted by Crippen LogP contribution is -2.42. The van der Waals surface area contributed by atoms with Gasteiger partial charge in [0, 0.05) is 35.1 Å². The molecule has 2 aliphatic rings. The molecule has 2 N–H and O–H groups in total. The SMILES string of the molecule is O=C1Nc2cc(Cl)ccc2CNC12CC2c1ccccn1. The van der Waals surface area contributed by atoms with Crippen molar-refractivity contribution in [2.45, 2.75) is 24.4 Å². The van der Waals surface area contributed by atoms with Gasteiger partial charge in [-0.25, -0.2) is 0 Å². The molecule has 1 fully saturated rings. The molecule has 106 valence electrons. The van der Waals surface area contributed by atoms with Crippen molar-refractivity contribution in [1.82, 2.24) is 10.3 Å². The summed E-state index contributed by atoms with van der Waals surface area (Å²) < 4.78 is 0. The van der Waals surface area contributed by atoms with E-state index in [9.17, 15) is 4.79 Å². The average Bonchev–Trinajstić information content (AvgIpc) is 3.25. The number of pyridine rings is 1. The monoisotopic (exact) mass is 299 g/mol. The summed E-state index contributed by atoms with van der Waals surface area (Å²) in [7, 11) is 0. The number of carbonyl (C=O) groups is 1. The summed E-state index contributed by atoms with van der Waals surface area (Å²) in [4.78, 5) is 17.0. The highest BCUT2D eigenvalue weighted by Crippen LogP contribution is 2.52. The minimum absolute atomic E-state index is 0.000769. The van der Waals surface area contributed by atoms with E-state index in [0.717, 1.165) is 23.4 Å². The van der Waals surface area contributed by atoms with Gasteiger partial charge >= 0.3 is 0 Å². The molecule has 0 radical (unpaired) electrons. The molecule has 2 aromatic rings. The molecular formula is C16H14ClN3O. The van der Waals surface area contributed by atoms with E-state index in [-0.39, 0.29) is 11.8 Å². The molecule has 1 aliphatic carbocycles. The first-order valence-corrected chi connectivity index (χ1v) is 7.33. The quantitative estimate of drug-likeness (QED) is 0.851. The first-order valence-electron chi connectivity index (χ1n) is 6.95. The van der Waals surface area contributed by atoms with E-state index >= 15 is 0 Å². The Morgan fingerprint density at radius 3 is 3.00 bits per heavy atom. The number of carbonyl (C=O) groups excluding carboxylic acids is 1. The van der Waals surface area contributed by atoms with Crippen molar-refractivity contribution in [2.75, 3.05) is 5.32 Å². The molecule has 0 saturated heterocycles. The molecule has 2 atom stereocenters. The molecule has 1 amide bonds. The first-order chi connectivity index (χ1) is 10.2. The fraction of sp³-hybridized carbons (Fsp3) is 0.250. The normalized spacial score (nSPS) is 26.9. The zero-order chi connectivity index (χ0) is 14.4. The van der Waals surface area contributed by atoms with Gasteiger partial charge in [-0.2, -0.15) is 0 Å². The molecule has 1 aromatic carbocycles. The van der Waals surface area contributed by atoms with E-state index in [4.69, 9.17) is 11.6 Å². The van der Waals surface area contributed by atoms with Crippen LogP contribution >= 0.6 is 11.6 Å². The zero-order valence-corrected chi connectivity index (χ0v) is 12.0. The van der Waals surface area contributed by atoms with Gasteiger partial charge in [0.15, 0.2) is 0 Å². The second kappa shape index (κ2) is 4.55. The molecule has 1 aliphatic heterocycles. The third-order valence-electron chi connectivity index (χ3n) is 4.33. The maximum atomic E-state index is 12.6. The van der Waals surface area contributed by atoms with Crippen LogP contribution in [-0.4, -0.2) is 16.4 Å². The van der Waals surface area contributed by atoms with Crippen molar-refractivity contribution in [3.05, 3.63) is 58.9 Å². The van der Waals surface area contributed by atoms with Crippen LogP contribution in [0.1, 0.15) is 23.6 Å². The standard InChI is InChI=1S/C16H14ClN3O/c17-11-5-4-10-9-19-16(15(21)20-14(10)7-11)8-12(16)13-3-1-2-6-18-13/h1-7,12,19H,8-9H2,(H,20,21). The Hall–Kier alpha value is -1.91. The Kier molecular flexibility index (Phi) is 2.77. The summed E-state index contributed by atoms with van der Waals surface area (Å²) in [6.07, 6.45) is 2.54. The maximum absolute atomic E-state index is 12.6. The van der Waals surface area contributed by atoms with Crippen molar-refractivity contribution in [1.29, 1.82) is 0 Å². The van der Waals surface area contributed by atoms with Gasteiger partial charge in [0.25, 0.3) is 0 Å². The van der Waals surface area contributed by atoms with Crippen LogP contribution in [0.4, 0.5) is 5.69 Å². The van der Waals surface area contributed by atoms with Crippen LogP contribution < -0.4 is 10.6 Å². The van der Waals surface area contributed by atoms with Crippen molar-refractivity contribution >= 4 is 23.2 Å². The van der Waals surface area contributed by atoms with Gasteiger partial charge in [0.1, 0.15) is 5.54 Å². The molecule has 1 aromatic heterocycles. The topological polar surface area (TPSA) is 54.0 Å². The summed E-state index contributed by atoms with van der Waals surface area (Å²) in [6, 6.07) is 11.4. The predicted octanol–water partition coefficient (Wildman–Crippen LogP) is 2.70. The van der Waals surface area contributed by atoms with Crippen LogP contribution in [-0.2, 0) is 11.3 Å². The largest absolute Gasteiger partial charge is 0.324 e. The second-order valence-corrected chi connectivity index (χ2v) is 6.03. The first kappa shape index (κ1) is 12.8. The Balaban J connectivity index is 1.65. The van der Waals surface area contributed by atoms with Crippen molar-refractivity contribution in [2.24, 2.45) is 0 Å². The van der Waals surface area contributed by atoms with Crippen molar-refractivity contribution in [3.8, 4) is 0 Å². The molecule has 0 bridgehead atoms. The summed E-state index contributed by atoms with van der Waals surface area (Å²) in [5.41, 5.74) is 2.27. The Morgan fingerprint density at radius 2 is 2.19 bits per heavy atom. The van der Waals surface area contributed by atoms with E-state index in [0.29, 0.717) is 11.6 Å². The van der Waals surface area contributed by atoms with Crippen LogP contribution in [0.3, 0.4) is 0 Å². The predicted molar refractivity (Wildman–Crippen MR) is 81.2 cm³/mol. The fourth-order valence-corrected chi connectivity index (χ4v) is 3.21. The van der Waals surface area contributed by atoms with Crippen LogP contribution in [0.2, 0.25) is 5.02 Å². The Morgan fingerprint density at radius 1 is 1.29 bits per heavy atom. The average molecular weight is 300 g/mol. The highest BCUT2D eigenvalue weighted by atomic mass is 35.5. The van der Waals surface area contributed by atoms with Crippen molar-refractivity contribution in [3.63, 3.8) is 0 Å². The zero-order valence-electron chi connectivity index (χ0n) is 11.3. The van der Waals surface area contributed by atoms with E-state index < -0.39 is 5.54 Å². The number of hydrogen-bond donors (Lipinski definition) is 2. The molecule has 1 spiro atoms. The molecule has 2 heterocycles. The fourth-order valence-electron chi connectivity index (χ4n) is 3.03. The number of hydrogen-bond acceptors (Lipinski definition) is 3. The van der Waals surface area contributed by atoms with E-state index in [1.165, 1.54) is 0 Å². The minimum atomic E-state index is -0.542. The number of rotatable bonds is 1. The third kappa shape index (κ3) is 2.03. The van der Waals surface area contributed by atoms with Gasteiger partial charge in [-0.3, -0.25) is 15.1 Å². The van der Waals surface area contributed by atoms with Gasteiger partial charge in [0.05, 0.1) is 0 Å². The number of halogens is 1. The highest BCUT2D eigenvalue weighted by molar-refractivity contribution is 6.31. The lowest BCUT2D eigenvalue weighted by Gasteiger charge is -2.14. The van der Waals surface area contributed by atoms with Crippen LogP contribution in [0.25, 0.3) is 0 Å². The van der Waals surface area contributed by atoms with E-state index in [1.54, 1.807) is 12.3 Å². The maximum Gasteiger partial charge on any atom is 0.245 e. The number of aromatic nitrogens is 1. The van der Waals surface area contributed by atoms with Crippen molar-refractivity contribution < 1.29 is 4.79 Å². The lowest BCUT2D eigenvalue weighted by molar-refractivity contribution is -0.119. The third-order valence-corrected chi connectivity index (χ3v) is 4.56. The van der Waals surface area contributed by atoms with Gasteiger partial charge in [-0.15, -0.1) is 0 Å². The number of benzene rings is 1. The van der Waals surface area contributed by atoms with E-state index in [2.05, 4.69) is 15.6 Å². The van der Waals surface area contributed by atoms with Crippen LogP contribution in [0.15, 0.2) is 42.6 Å². The smallest absolute Gasteiger partial charge is 0.245 e. The van der Waals surface area contributed by atoms with Gasteiger partial charge in [-0.05, 0) is 36.2 Å². The Bertz CT molecular complexity index is 719. The molecule has 4 rings (SSSR count). The van der Waals surface area contributed by atoms with Gasteiger partial charge in [0.2, 0.25) is 5.91 Å². The Labute approximate surface area is 127 Å². The summed E-state index contributed by atoms with van der Waals surface area (Å²) >= 11 is 6.01. The number of nitrogens with zero attached hydrogens (tertiary/aromatic N) is 1. The van der Waals surface area contributed by atoms with Crippen LogP contribution in [0, 0.1) is 0 Å². The summed E-state index contributed by atoms with van der Waals surface area (Å²) in [5.74, 6) is 0.127. The number of anilines is 1. The number of fused-ring (bicyclic) bond motifs is 1. The van der Waals surface area contributed by atoms with Gasteiger partial charge in [-0.1, -0.05) is 23.7 Å². The van der Waals surface area contributed by atoms with Gasteiger partial charge < -0.3 is 5.32 Å². The molecule has 5 heteroatoms. The molecule has 21 heavy (non-hydrogen) atoms. The molecule has 2 unspecified atom stereocenters. The second-order valence-electron chi connectivity index (χ2n) is 5.59. The molecule has 1 saturated carbocycles. The number of nitrogens with one attached hydrogen (secondary N) is 2. The number of amides is 1. The summed E-state index contributed by atoms with van der Waals surface area (Å²) in [6.45, 7) is 0.647. The summed E-state index contributed by atoms with van der Waals surface area (Å²) in [5, 5.41) is 7.04. The minimum Gasteiger partial charge on any atom is -0.324 e. The van der Waals surface area contributed by atoms with E-state index in [1.807, 2.05) is 30.3 Å². The van der Waals surface area contributed by atoms with Crippen LogP contribution in [0.5, 0.6) is 0 Å². The highest BCUT2D eigenvalue weighted by Gasteiger charge is 2.61. The molecular weight excluding hydrogens is 286 g/mol. The molecule has 4 nitrogen and oxygen atoms in total. The lowest BCUT2D eigenvalue weighted by atomic mass is 10.1.